The fraction of sp³-hybridized carbons (Fsp3) is 0. The molecule has 0 aliphatic carbocycles. The van der Waals surface area contributed by atoms with Crippen LogP contribution in [0.4, 0.5) is 0 Å². The molecule has 38 heavy (non-hydrogen) atoms. The van der Waals surface area contributed by atoms with E-state index in [1.807, 2.05) is 12.1 Å². The molecule has 0 radical (unpaired) electrons. The van der Waals surface area contributed by atoms with Crippen LogP contribution in [0.25, 0.3) is 87.3 Å². The lowest BCUT2D eigenvalue weighted by Crippen LogP contribution is -1.85. The van der Waals surface area contributed by atoms with Crippen LogP contribution in [0.1, 0.15) is 0 Å². The molecule has 0 saturated carbocycles. The second-order valence-corrected chi connectivity index (χ2v) is 10.1. The Balaban J connectivity index is 1.36. The summed E-state index contributed by atoms with van der Waals surface area (Å²) in [6, 6.07) is 43.1. The van der Waals surface area contributed by atoms with Gasteiger partial charge in [-0.05, 0) is 85.9 Å². The predicted molar refractivity (Wildman–Crippen MR) is 159 cm³/mol. The van der Waals surface area contributed by atoms with E-state index in [4.69, 9.17) is 8.83 Å². The maximum atomic E-state index is 6.43. The Hall–Kier alpha value is -5.08. The largest absolute Gasteiger partial charge is 0.456 e. The molecule has 2 aromatic heterocycles. The summed E-state index contributed by atoms with van der Waals surface area (Å²) in [5.74, 6) is 0. The van der Waals surface area contributed by atoms with Crippen molar-refractivity contribution in [1.29, 1.82) is 0 Å². The van der Waals surface area contributed by atoms with E-state index >= 15 is 0 Å². The SMILES string of the molecule is c1ccc2c(-c3ccc4oc5cc6c(ccc7oc8ccccc8c76)cc5c4c3)c3ccccc3cc2c1. The monoisotopic (exact) mass is 484 g/mol. The van der Waals surface area contributed by atoms with E-state index in [0.717, 1.165) is 49.3 Å². The first-order valence-electron chi connectivity index (χ1n) is 12.9. The van der Waals surface area contributed by atoms with Gasteiger partial charge in [-0.15, -0.1) is 0 Å². The van der Waals surface area contributed by atoms with Gasteiger partial charge in [0.15, 0.2) is 0 Å². The van der Waals surface area contributed by atoms with E-state index in [9.17, 15) is 0 Å². The first kappa shape index (κ1) is 20.0. The van der Waals surface area contributed by atoms with Gasteiger partial charge in [0.25, 0.3) is 0 Å². The molecule has 0 N–H and O–H groups in total. The van der Waals surface area contributed by atoms with Gasteiger partial charge in [-0.25, -0.2) is 0 Å². The summed E-state index contributed by atoms with van der Waals surface area (Å²) in [4.78, 5) is 0. The highest BCUT2D eigenvalue weighted by Crippen LogP contribution is 2.42. The normalized spacial score (nSPS) is 12.2. The number of furan rings is 2. The van der Waals surface area contributed by atoms with Crippen LogP contribution >= 0.6 is 0 Å². The third-order valence-electron chi connectivity index (χ3n) is 8.01. The van der Waals surface area contributed by atoms with Gasteiger partial charge in [0, 0.05) is 21.5 Å². The Labute approximate surface area is 217 Å². The fourth-order valence-electron chi connectivity index (χ4n) is 6.30. The van der Waals surface area contributed by atoms with Gasteiger partial charge in [0.05, 0.1) is 0 Å². The Morgan fingerprint density at radius 2 is 0.947 bits per heavy atom. The standard InChI is InChI=1S/C36H20O2/c1-3-9-25-21(7-1)17-22-8-2-4-10-26(22)35(25)24-14-15-32-29(19-24)30-18-23-13-16-33-36(28(23)20-34(30)38-32)27-11-5-6-12-31(27)37-33/h1-20H. The first-order valence-corrected chi connectivity index (χ1v) is 12.9. The molecular weight excluding hydrogens is 464 g/mol. The molecule has 0 saturated heterocycles. The van der Waals surface area contributed by atoms with Crippen molar-refractivity contribution in [2.24, 2.45) is 0 Å². The zero-order valence-electron chi connectivity index (χ0n) is 20.4. The number of fused-ring (bicyclic) bond motifs is 10. The molecule has 0 atom stereocenters. The van der Waals surface area contributed by atoms with Crippen LogP contribution in [0.15, 0.2) is 130 Å². The number of rotatable bonds is 1. The minimum absolute atomic E-state index is 0.894. The molecule has 0 bridgehead atoms. The Kier molecular flexibility index (Phi) is 3.82. The molecule has 2 heterocycles. The lowest BCUT2D eigenvalue weighted by Gasteiger charge is -2.12. The molecule has 7 aromatic carbocycles. The van der Waals surface area contributed by atoms with Crippen molar-refractivity contribution in [3.8, 4) is 11.1 Å². The van der Waals surface area contributed by atoms with Gasteiger partial charge in [-0.3, -0.25) is 0 Å². The van der Waals surface area contributed by atoms with Gasteiger partial charge in [-0.1, -0.05) is 78.9 Å². The molecule has 0 aliphatic heterocycles. The van der Waals surface area contributed by atoms with Crippen LogP contribution in [-0.2, 0) is 0 Å². The third kappa shape index (κ3) is 2.66. The number of hydrogen-bond acceptors (Lipinski definition) is 2. The average Bonchev–Trinajstić information content (AvgIpc) is 3.52. The van der Waals surface area contributed by atoms with Crippen molar-refractivity contribution in [3.05, 3.63) is 121 Å². The van der Waals surface area contributed by atoms with Crippen LogP contribution in [0.2, 0.25) is 0 Å². The van der Waals surface area contributed by atoms with Crippen LogP contribution < -0.4 is 0 Å². The van der Waals surface area contributed by atoms with Crippen molar-refractivity contribution < 1.29 is 8.83 Å². The van der Waals surface area contributed by atoms with E-state index in [1.54, 1.807) is 0 Å². The molecule has 176 valence electrons. The zero-order chi connectivity index (χ0) is 24.8. The summed E-state index contributed by atoms with van der Waals surface area (Å²) in [7, 11) is 0. The minimum atomic E-state index is 0.894. The van der Waals surface area contributed by atoms with Gasteiger partial charge < -0.3 is 8.83 Å². The van der Waals surface area contributed by atoms with E-state index in [1.165, 1.54) is 38.1 Å². The van der Waals surface area contributed by atoms with E-state index in [2.05, 4.69) is 109 Å². The molecule has 9 aromatic rings. The second kappa shape index (κ2) is 7.24. The van der Waals surface area contributed by atoms with Crippen LogP contribution in [0.5, 0.6) is 0 Å². The van der Waals surface area contributed by atoms with Crippen molar-refractivity contribution in [3.63, 3.8) is 0 Å². The lowest BCUT2D eigenvalue weighted by molar-refractivity contribution is 0.669. The molecule has 9 rings (SSSR count). The maximum absolute atomic E-state index is 6.43. The maximum Gasteiger partial charge on any atom is 0.136 e. The summed E-state index contributed by atoms with van der Waals surface area (Å²) >= 11 is 0. The lowest BCUT2D eigenvalue weighted by atomic mass is 9.91. The average molecular weight is 485 g/mol. The molecule has 0 amide bonds. The van der Waals surface area contributed by atoms with Crippen LogP contribution in [0, 0.1) is 0 Å². The molecule has 2 heteroatoms. The Morgan fingerprint density at radius 1 is 0.342 bits per heavy atom. The van der Waals surface area contributed by atoms with Crippen molar-refractivity contribution in [2.75, 3.05) is 0 Å². The van der Waals surface area contributed by atoms with Crippen LogP contribution in [0.3, 0.4) is 0 Å². The zero-order valence-corrected chi connectivity index (χ0v) is 20.4. The van der Waals surface area contributed by atoms with Crippen molar-refractivity contribution in [1.82, 2.24) is 0 Å². The smallest absolute Gasteiger partial charge is 0.136 e. The van der Waals surface area contributed by atoms with E-state index in [-0.39, 0.29) is 0 Å². The summed E-state index contributed by atoms with van der Waals surface area (Å²) in [6.07, 6.45) is 0. The topological polar surface area (TPSA) is 26.3 Å². The molecule has 2 nitrogen and oxygen atoms in total. The highest BCUT2D eigenvalue weighted by molar-refractivity contribution is 6.22. The molecule has 0 fully saturated rings. The minimum Gasteiger partial charge on any atom is -0.456 e. The Morgan fingerprint density at radius 3 is 1.76 bits per heavy atom. The summed E-state index contributed by atoms with van der Waals surface area (Å²) in [5.41, 5.74) is 6.07. The van der Waals surface area contributed by atoms with Gasteiger partial charge in [0.1, 0.15) is 22.3 Å². The highest BCUT2D eigenvalue weighted by Gasteiger charge is 2.16. The number of hydrogen-bond donors (Lipinski definition) is 0. The van der Waals surface area contributed by atoms with Crippen molar-refractivity contribution in [2.45, 2.75) is 0 Å². The van der Waals surface area contributed by atoms with Crippen LogP contribution in [-0.4, -0.2) is 0 Å². The second-order valence-electron chi connectivity index (χ2n) is 10.1. The third-order valence-corrected chi connectivity index (χ3v) is 8.01. The van der Waals surface area contributed by atoms with E-state index < -0.39 is 0 Å². The Bertz CT molecular complexity index is 2350. The van der Waals surface area contributed by atoms with Gasteiger partial charge in [0.2, 0.25) is 0 Å². The number of benzene rings is 7. The predicted octanol–water partition coefficient (Wildman–Crippen LogP) is 10.6. The number of para-hydroxylation sites is 1. The van der Waals surface area contributed by atoms with Gasteiger partial charge in [-0.2, -0.15) is 0 Å². The summed E-state index contributed by atoms with van der Waals surface area (Å²) in [5, 5.41) is 11.9. The highest BCUT2D eigenvalue weighted by atomic mass is 16.3. The van der Waals surface area contributed by atoms with E-state index in [0.29, 0.717) is 0 Å². The fourth-order valence-corrected chi connectivity index (χ4v) is 6.30. The molecule has 0 unspecified atom stereocenters. The molecular formula is C36H20O2. The summed E-state index contributed by atoms with van der Waals surface area (Å²) < 4.78 is 12.6. The molecule has 0 spiro atoms. The quantitative estimate of drug-likeness (QED) is 0.217. The summed E-state index contributed by atoms with van der Waals surface area (Å²) in [6.45, 7) is 0. The molecule has 0 aliphatic rings. The first-order chi connectivity index (χ1) is 18.8. The van der Waals surface area contributed by atoms with Gasteiger partial charge >= 0.3 is 0 Å². The van der Waals surface area contributed by atoms with Crippen molar-refractivity contribution >= 4 is 76.2 Å².